The Morgan fingerprint density at radius 1 is 1.13 bits per heavy atom. The van der Waals surface area contributed by atoms with Crippen LogP contribution in [0.25, 0.3) is 11.3 Å². The average Bonchev–Trinajstić information content (AvgIpc) is 2.54. The van der Waals surface area contributed by atoms with Crippen molar-refractivity contribution in [1.82, 2.24) is 4.98 Å². The molecule has 2 aromatic rings. The molecule has 0 aliphatic rings. The van der Waals surface area contributed by atoms with Gasteiger partial charge in [0.15, 0.2) is 23.1 Å². The summed E-state index contributed by atoms with van der Waals surface area (Å²) in [6.45, 7) is 0. The van der Waals surface area contributed by atoms with Crippen LogP contribution in [-0.2, 0) is 0 Å². The van der Waals surface area contributed by atoms with Crippen molar-refractivity contribution in [3.8, 4) is 22.8 Å². The molecule has 0 amide bonds. The Morgan fingerprint density at radius 3 is 2.13 bits per heavy atom. The van der Waals surface area contributed by atoms with Crippen molar-refractivity contribution < 1.29 is 18.3 Å². The van der Waals surface area contributed by atoms with Crippen molar-refractivity contribution in [1.29, 1.82) is 0 Å². The lowest BCUT2D eigenvalue weighted by molar-refractivity contribution is 0.359. The summed E-state index contributed by atoms with van der Waals surface area (Å²) in [5.41, 5.74) is 11.4. The molecule has 0 saturated carbocycles. The van der Waals surface area contributed by atoms with Crippen molar-refractivity contribution in [3.05, 3.63) is 35.4 Å². The van der Waals surface area contributed by atoms with E-state index in [1.807, 2.05) is 0 Å². The van der Waals surface area contributed by atoms with Gasteiger partial charge in [0.25, 0.3) is 0 Å². The van der Waals surface area contributed by atoms with E-state index in [0.717, 1.165) is 6.07 Å². The maximum Gasteiger partial charge on any atom is 0.177 e. The number of nitrogens with two attached hydrogens (primary N) is 2. The first-order chi connectivity index (χ1) is 10.9. The van der Waals surface area contributed by atoms with Crippen LogP contribution in [0.3, 0.4) is 0 Å². The highest BCUT2D eigenvalue weighted by Crippen LogP contribution is 2.37. The van der Waals surface area contributed by atoms with E-state index in [1.54, 1.807) is 0 Å². The van der Waals surface area contributed by atoms with Gasteiger partial charge in [-0.05, 0) is 12.1 Å². The SMILES string of the molecule is CN=C(N)c1ccc(-c2c(F)c(OC)cc(OC)c2F)nc1N. The molecule has 4 N–H and O–H groups in total. The molecule has 0 aliphatic heterocycles. The van der Waals surface area contributed by atoms with Gasteiger partial charge in [0, 0.05) is 13.1 Å². The van der Waals surface area contributed by atoms with Gasteiger partial charge in [-0.3, -0.25) is 4.99 Å². The predicted molar refractivity (Wildman–Crippen MR) is 83.8 cm³/mol. The van der Waals surface area contributed by atoms with Gasteiger partial charge >= 0.3 is 0 Å². The predicted octanol–water partition coefficient (Wildman–Crippen LogP) is 1.96. The van der Waals surface area contributed by atoms with Gasteiger partial charge in [-0.25, -0.2) is 13.8 Å². The van der Waals surface area contributed by atoms with Crippen LogP contribution in [0, 0.1) is 11.6 Å². The molecule has 8 heteroatoms. The van der Waals surface area contributed by atoms with Crippen LogP contribution in [0.15, 0.2) is 23.2 Å². The van der Waals surface area contributed by atoms with E-state index in [0.29, 0.717) is 5.56 Å². The molecule has 1 aromatic carbocycles. The molecule has 1 heterocycles. The molecule has 0 spiro atoms. The monoisotopic (exact) mass is 322 g/mol. The van der Waals surface area contributed by atoms with E-state index in [4.69, 9.17) is 20.9 Å². The number of benzene rings is 1. The van der Waals surface area contributed by atoms with Gasteiger partial charge < -0.3 is 20.9 Å². The van der Waals surface area contributed by atoms with Gasteiger partial charge in [0.1, 0.15) is 11.7 Å². The van der Waals surface area contributed by atoms with E-state index in [1.165, 1.54) is 33.4 Å². The highest BCUT2D eigenvalue weighted by Gasteiger charge is 2.23. The van der Waals surface area contributed by atoms with Crippen molar-refractivity contribution in [2.24, 2.45) is 10.7 Å². The minimum absolute atomic E-state index is 0.00573. The summed E-state index contributed by atoms with van der Waals surface area (Å²) in [5, 5.41) is 0. The second-order valence-corrected chi connectivity index (χ2v) is 4.52. The normalized spacial score (nSPS) is 11.4. The zero-order chi connectivity index (χ0) is 17.1. The molecule has 0 radical (unpaired) electrons. The van der Waals surface area contributed by atoms with Gasteiger partial charge in [0.05, 0.1) is 31.0 Å². The fraction of sp³-hybridized carbons (Fsp3) is 0.200. The first kappa shape index (κ1) is 16.5. The standard InChI is InChI=1S/C15H16F2N4O2/c1-20-14(18)7-4-5-8(21-15(7)19)11-12(16)9(22-2)6-10(23-3)13(11)17/h4-6H,1-3H3,(H2,18,20)(H2,19,21). The van der Waals surface area contributed by atoms with Crippen LogP contribution in [0.4, 0.5) is 14.6 Å². The molecule has 0 unspecified atom stereocenters. The summed E-state index contributed by atoms with van der Waals surface area (Å²) >= 11 is 0. The van der Waals surface area contributed by atoms with Gasteiger partial charge in [-0.2, -0.15) is 0 Å². The van der Waals surface area contributed by atoms with Crippen molar-refractivity contribution >= 4 is 11.7 Å². The number of nitrogens with zero attached hydrogens (tertiary/aromatic N) is 2. The third kappa shape index (κ3) is 2.87. The molecule has 1 aromatic heterocycles. The smallest absolute Gasteiger partial charge is 0.177 e. The van der Waals surface area contributed by atoms with Crippen LogP contribution < -0.4 is 20.9 Å². The maximum atomic E-state index is 14.4. The minimum atomic E-state index is -0.900. The number of hydrogen-bond donors (Lipinski definition) is 2. The molecule has 23 heavy (non-hydrogen) atoms. The van der Waals surface area contributed by atoms with E-state index in [-0.39, 0.29) is 28.8 Å². The molecule has 6 nitrogen and oxygen atoms in total. The summed E-state index contributed by atoms with van der Waals surface area (Å²) < 4.78 is 38.7. The number of anilines is 1. The number of amidine groups is 1. The number of ether oxygens (including phenoxy) is 2. The lowest BCUT2D eigenvalue weighted by atomic mass is 10.1. The molecule has 0 fully saturated rings. The number of nitrogen functional groups attached to an aromatic ring is 1. The van der Waals surface area contributed by atoms with Gasteiger partial charge in [-0.15, -0.1) is 0 Å². The summed E-state index contributed by atoms with van der Waals surface area (Å²) in [6, 6.07) is 4.00. The van der Waals surface area contributed by atoms with E-state index < -0.39 is 17.2 Å². The maximum absolute atomic E-state index is 14.4. The minimum Gasteiger partial charge on any atom is -0.494 e. The van der Waals surface area contributed by atoms with Crippen molar-refractivity contribution in [2.75, 3.05) is 27.0 Å². The summed E-state index contributed by atoms with van der Waals surface area (Å²) in [4.78, 5) is 7.81. The molecule has 0 saturated heterocycles. The number of halogens is 2. The highest BCUT2D eigenvalue weighted by atomic mass is 19.1. The van der Waals surface area contributed by atoms with E-state index >= 15 is 0 Å². The second-order valence-electron chi connectivity index (χ2n) is 4.52. The zero-order valence-corrected chi connectivity index (χ0v) is 12.9. The van der Waals surface area contributed by atoms with Crippen molar-refractivity contribution in [2.45, 2.75) is 0 Å². The number of hydrogen-bond acceptors (Lipinski definition) is 5. The largest absolute Gasteiger partial charge is 0.494 e. The third-order valence-corrected chi connectivity index (χ3v) is 3.27. The number of aromatic nitrogens is 1. The summed E-state index contributed by atoms with van der Waals surface area (Å²) in [6.07, 6.45) is 0. The number of methoxy groups -OCH3 is 2. The number of rotatable bonds is 4. The Balaban J connectivity index is 2.69. The summed E-state index contributed by atoms with van der Waals surface area (Å²) in [7, 11) is 4.03. The molecule has 0 atom stereocenters. The Bertz CT molecular complexity index is 750. The van der Waals surface area contributed by atoms with Crippen molar-refractivity contribution in [3.63, 3.8) is 0 Å². The first-order valence-corrected chi connectivity index (χ1v) is 6.54. The fourth-order valence-electron chi connectivity index (χ4n) is 2.06. The third-order valence-electron chi connectivity index (χ3n) is 3.27. The molecule has 0 bridgehead atoms. The Kier molecular flexibility index (Phi) is 4.63. The second kappa shape index (κ2) is 6.47. The average molecular weight is 322 g/mol. The van der Waals surface area contributed by atoms with E-state index in [2.05, 4.69) is 9.98 Å². The number of pyridine rings is 1. The topological polar surface area (TPSA) is 95.8 Å². The Hall–Kier alpha value is -2.90. The van der Waals surface area contributed by atoms with Gasteiger partial charge in [-0.1, -0.05) is 0 Å². The Morgan fingerprint density at radius 2 is 1.70 bits per heavy atom. The lowest BCUT2D eigenvalue weighted by Gasteiger charge is -2.13. The zero-order valence-electron chi connectivity index (χ0n) is 12.9. The molecule has 122 valence electrons. The van der Waals surface area contributed by atoms with Crippen LogP contribution in [0.5, 0.6) is 11.5 Å². The van der Waals surface area contributed by atoms with Crippen LogP contribution in [-0.4, -0.2) is 32.1 Å². The highest BCUT2D eigenvalue weighted by molar-refractivity contribution is 6.01. The van der Waals surface area contributed by atoms with Crippen LogP contribution in [0.2, 0.25) is 0 Å². The quantitative estimate of drug-likeness (QED) is 0.662. The Labute approximate surface area is 131 Å². The molecule has 2 rings (SSSR count). The fourth-order valence-corrected chi connectivity index (χ4v) is 2.06. The van der Waals surface area contributed by atoms with Crippen LogP contribution in [0.1, 0.15) is 5.56 Å². The molecular formula is C15H16F2N4O2. The molecular weight excluding hydrogens is 306 g/mol. The van der Waals surface area contributed by atoms with Gasteiger partial charge in [0.2, 0.25) is 0 Å². The van der Waals surface area contributed by atoms with E-state index in [9.17, 15) is 8.78 Å². The number of aliphatic imine (C=N–C) groups is 1. The summed E-state index contributed by atoms with van der Waals surface area (Å²) in [5.74, 6) is -1.96. The first-order valence-electron chi connectivity index (χ1n) is 6.54. The lowest BCUT2D eigenvalue weighted by Crippen LogP contribution is -2.16. The van der Waals surface area contributed by atoms with Crippen LogP contribution >= 0.6 is 0 Å². The molecule has 0 aliphatic carbocycles.